The number of thioether (sulfide) groups is 1. The Morgan fingerprint density at radius 1 is 1.02 bits per heavy atom. The van der Waals surface area contributed by atoms with Crippen molar-refractivity contribution in [2.75, 3.05) is 49.1 Å². The number of carbonyl (C=O) groups is 3. The first-order valence-corrected chi connectivity index (χ1v) is 17.5. The lowest BCUT2D eigenvalue weighted by molar-refractivity contribution is -0.144. The van der Waals surface area contributed by atoms with Crippen molar-refractivity contribution in [3.8, 4) is 0 Å². The number of fused-ring (bicyclic) bond motifs is 1. The van der Waals surface area contributed by atoms with E-state index in [-0.39, 0.29) is 47.5 Å². The Labute approximate surface area is 279 Å². The summed E-state index contributed by atoms with van der Waals surface area (Å²) < 4.78 is -0.810. The summed E-state index contributed by atoms with van der Waals surface area (Å²) in [6.07, 6.45) is 3.97. The van der Waals surface area contributed by atoms with Gasteiger partial charge < -0.3 is 24.7 Å². The molecular weight excluding hydrogens is 652 g/mol. The molecule has 10 heteroatoms. The number of halogens is 1. The van der Waals surface area contributed by atoms with Crippen LogP contribution in [0.5, 0.6) is 0 Å². The molecule has 3 unspecified atom stereocenters. The number of alkyl halides is 1. The molecular formula is C35H43BrN4O4S. The number of amides is 3. The lowest BCUT2D eigenvalue weighted by Crippen LogP contribution is -2.56. The van der Waals surface area contributed by atoms with E-state index < -0.39 is 22.6 Å². The van der Waals surface area contributed by atoms with Crippen molar-refractivity contribution in [1.29, 1.82) is 0 Å². The van der Waals surface area contributed by atoms with Crippen LogP contribution in [0.2, 0.25) is 0 Å². The van der Waals surface area contributed by atoms with Crippen LogP contribution in [0.1, 0.15) is 25.8 Å². The molecule has 2 bridgehead atoms. The molecule has 0 aliphatic carbocycles. The minimum Gasteiger partial charge on any atom is -0.395 e. The van der Waals surface area contributed by atoms with Crippen molar-refractivity contribution in [3.05, 3.63) is 85.5 Å². The zero-order valence-electron chi connectivity index (χ0n) is 26.1. The van der Waals surface area contributed by atoms with Gasteiger partial charge in [-0.3, -0.25) is 14.4 Å². The van der Waals surface area contributed by atoms with Crippen LogP contribution in [0.3, 0.4) is 0 Å². The van der Waals surface area contributed by atoms with Crippen LogP contribution in [0, 0.1) is 11.8 Å². The molecule has 0 aromatic heterocycles. The number of anilines is 2. The van der Waals surface area contributed by atoms with Gasteiger partial charge in [0.25, 0.3) is 5.91 Å². The van der Waals surface area contributed by atoms with Crippen molar-refractivity contribution in [1.82, 2.24) is 9.80 Å². The molecule has 45 heavy (non-hydrogen) atoms. The summed E-state index contributed by atoms with van der Waals surface area (Å²) in [4.78, 5) is 50.7. The fourth-order valence-electron chi connectivity index (χ4n) is 7.47. The summed E-state index contributed by atoms with van der Waals surface area (Å²) in [5.74, 6) is -1.84. The van der Waals surface area contributed by atoms with E-state index >= 15 is 0 Å². The second-order valence-electron chi connectivity index (χ2n) is 11.8. The van der Waals surface area contributed by atoms with Crippen molar-refractivity contribution >= 4 is 56.8 Å². The summed E-state index contributed by atoms with van der Waals surface area (Å²) in [5.41, 5.74) is 2.78. The maximum Gasteiger partial charge on any atom is 0.251 e. The van der Waals surface area contributed by atoms with Crippen molar-refractivity contribution in [3.63, 3.8) is 0 Å². The van der Waals surface area contributed by atoms with Crippen LogP contribution in [-0.4, -0.2) is 92.8 Å². The number of hydrogen-bond donors (Lipinski definition) is 1. The van der Waals surface area contributed by atoms with Gasteiger partial charge in [-0.15, -0.1) is 24.9 Å². The predicted octanol–water partition coefficient (Wildman–Crippen LogP) is 4.72. The Hall–Kier alpha value is -3.08. The molecule has 5 rings (SSSR count). The smallest absolute Gasteiger partial charge is 0.251 e. The van der Waals surface area contributed by atoms with E-state index in [1.807, 2.05) is 54.6 Å². The van der Waals surface area contributed by atoms with E-state index in [0.29, 0.717) is 25.2 Å². The first-order valence-electron chi connectivity index (χ1n) is 15.7. The number of aliphatic hydroxyl groups excluding tert-OH is 1. The zero-order chi connectivity index (χ0) is 32.3. The number of hydrogen-bond acceptors (Lipinski definition) is 6. The van der Waals surface area contributed by atoms with Gasteiger partial charge >= 0.3 is 0 Å². The van der Waals surface area contributed by atoms with Gasteiger partial charge in [0.15, 0.2) is 0 Å². The number of carbonyl (C=O) groups excluding carboxylic acids is 3. The molecule has 1 spiro atoms. The largest absolute Gasteiger partial charge is 0.395 e. The molecule has 6 atom stereocenters. The SMILES string of the molecule is C=CCN(Cc1ccccc1)C(=O)[C@H]1[C@@H]2SC3(CC2Br)C(C(=O)N(CC=C)c2ccc(N(CC)CC)cc2)N(CCO)C(=O)[C@H]13. The molecule has 240 valence electrons. The quantitative estimate of drug-likeness (QED) is 0.228. The van der Waals surface area contributed by atoms with Crippen LogP contribution >= 0.6 is 27.7 Å². The van der Waals surface area contributed by atoms with Crippen LogP contribution in [0.4, 0.5) is 11.4 Å². The maximum absolute atomic E-state index is 14.7. The fraction of sp³-hybridized carbons (Fsp3) is 0.457. The van der Waals surface area contributed by atoms with E-state index in [2.05, 4.69) is 47.8 Å². The third kappa shape index (κ3) is 5.97. The van der Waals surface area contributed by atoms with Gasteiger partial charge in [-0.05, 0) is 50.1 Å². The van der Waals surface area contributed by atoms with Gasteiger partial charge in [0.1, 0.15) is 6.04 Å². The highest BCUT2D eigenvalue weighted by Crippen LogP contribution is 2.68. The molecule has 3 aliphatic heterocycles. The van der Waals surface area contributed by atoms with Crippen LogP contribution < -0.4 is 9.80 Å². The maximum atomic E-state index is 14.7. The molecule has 8 nitrogen and oxygen atoms in total. The van der Waals surface area contributed by atoms with E-state index in [1.165, 1.54) is 4.90 Å². The van der Waals surface area contributed by atoms with E-state index in [9.17, 15) is 19.5 Å². The highest BCUT2D eigenvalue weighted by atomic mass is 79.9. The number of benzene rings is 2. The topological polar surface area (TPSA) is 84.4 Å². The monoisotopic (exact) mass is 694 g/mol. The molecule has 1 N–H and O–H groups in total. The van der Waals surface area contributed by atoms with Gasteiger partial charge in [0.05, 0.1) is 23.2 Å². The van der Waals surface area contributed by atoms with Gasteiger partial charge in [-0.2, -0.15) is 0 Å². The molecule has 3 fully saturated rings. The molecule has 3 amide bonds. The standard InChI is InChI=1S/C35H43BrN4O4S/c1-5-18-38(23-24-12-10-9-11-13-24)32(42)28-29-33(43)40(20-21-41)31(35(29)22-27(36)30(28)45-35)34(44)39(19-6-2)26-16-14-25(15-17-26)37(7-3)8-4/h5-6,9-17,27-31,41H,1-2,7-8,18-23H2,3-4H3/t27?,28-,29+,30-,31?,35?/m1/s1. The Morgan fingerprint density at radius 3 is 2.27 bits per heavy atom. The summed E-state index contributed by atoms with van der Waals surface area (Å²) in [6, 6.07) is 16.9. The molecule has 2 aromatic rings. The lowest BCUT2D eigenvalue weighted by atomic mass is 9.70. The summed E-state index contributed by atoms with van der Waals surface area (Å²) in [7, 11) is 0. The zero-order valence-corrected chi connectivity index (χ0v) is 28.5. The van der Waals surface area contributed by atoms with Crippen molar-refractivity contribution in [2.45, 2.75) is 47.7 Å². The number of likely N-dealkylation sites (tertiary alicyclic amines) is 1. The van der Waals surface area contributed by atoms with Gasteiger partial charge in [-0.1, -0.05) is 58.4 Å². The predicted molar refractivity (Wildman–Crippen MR) is 186 cm³/mol. The number of β-amino-alcohol motifs (C(OH)–C–C–N with tert-alkyl or cyclic N) is 1. The Bertz CT molecular complexity index is 1400. The van der Waals surface area contributed by atoms with E-state index in [0.717, 1.165) is 24.3 Å². The number of aliphatic hydroxyl groups is 1. The minimum atomic E-state index is -0.834. The highest BCUT2D eigenvalue weighted by molar-refractivity contribution is 9.09. The van der Waals surface area contributed by atoms with E-state index in [1.54, 1.807) is 33.7 Å². The molecule has 3 heterocycles. The van der Waals surface area contributed by atoms with Crippen molar-refractivity contribution in [2.24, 2.45) is 11.8 Å². The Morgan fingerprint density at radius 2 is 1.67 bits per heavy atom. The van der Waals surface area contributed by atoms with Crippen LogP contribution in [0.15, 0.2) is 79.9 Å². The minimum absolute atomic E-state index is 0.0236. The molecule has 2 aromatic carbocycles. The Kier molecular flexibility index (Phi) is 10.5. The second kappa shape index (κ2) is 14.1. The molecule has 0 saturated carbocycles. The molecule has 3 aliphatic rings. The molecule has 3 saturated heterocycles. The molecule has 0 radical (unpaired) electrons. The van der Waals surface area contributed by atoms with Gasteiger partial charge in [-0.25, -0.2) is 0 Å². The van der Waals surface area contributed by atoms with Gasteiger partial charge in [0, 0.05) is 60.7 Å². The first-order chi connectivity index (χ1) is 21.8. The third-order valence-electron chi connectivity index (χ3n) is 9.39. The van der Waals surface area contributed by atoms with Crippen molar-refractivity contribution < 1.29 is 19.5 Å². The normalized spacial score (nSPS) is 26.4. The summed E-state index contributed by atoms with van der Waals surface area (Å²) in [6.45, 7) is 14.5. The van der Waals surface area contributed by atoms with Gasteiger partial charge in [0.2, 0.25) is 11.8 Å². The average molecular weight is 696 g/mol. The highest BCUT2D eigenvalue weighted by Gasteiger charge is 2.76. The average Bonchev–Trinajstić information content (AvgIpc) is 3.64. The number of nitrogens with zero attached hydrogens (tertiary/aromatic N) is 4. The first kappa shape index (κ1) is 33.3. The third-order valence-corrected chi connectivity index (χ3v) is 12.6. The second-order valence-corrected chi connectivity index (χ2v) is 14.6. The fourth-order valence-corrected chi connectivity index (χ4v) is 11.1. The van der Waals surface area contributed by atoms with Crippen LogP contribution in [0.25, 0.3) is 0 Å². The summed E-state index contributed by atoms with van der Waals surface area (Å²) in [5, 5.41) is 9.91. The van der Waals surface area contributed by atoms with Crippen LogP contribution in [-0.2, 0) is 20.9 Å². The van der Waals surface area contributed by atoms with E-state index in [4.69, 9.17) is 0 Å². The summed E-state index contributed by atoms with van der Waals surface area (Å²) >= 11 is 5.46. The lowest BCUT2D eigenvalue weighted by Gasteiger charge is -2.38. The number of rotatable bonds is 14. The Balaban J connectivity index is 1.51.